The second-order valence-corrected chi connectivity index (χ2v) is 6.75. The Kier molecular flexibility index (Phi) is 4.84. The van der Waals surface area contributed by atoms with Gasteiger partial charge in [-0.05, 0) is 17.7 Å². The Hall–Kier alpha value is -2.82. The summed E-state index contributed by atoms with van der Waals surface area (Å²) in [5.74, 6) is 0.474. The number of fused-ring (bicyclic) bond motifs is 1. The standard InChI is InChI=1S/C21H14Cl2N2O2/c22-16-11-18-19(12-17(16)23)25(20(24-18)15-9-5-2-6-10-15)21(26)27-13-14-7-3-1-4-8-14/h1-12H,13H2. The highest BCUT2D eigenvalue weighted by molar-refractivity contribution is 6.42. The van der Waals surface area contributed by atoms with E-state index in [1.807, 2.05) is 60.7 Å². The van der Waals surface area contributed by atoms with Crippen LogP contribution in [0.15, 0.2) is 72.8 Å². The van der Waals surface area contributed by atoms with E-state index in [-0.39, 0.29) is 6.61 Å². The van der Waals surface area contributed by atoms with E-state index < -0.39 is 6.09 Å². The van der Waals surface area contributed by atoms with Crippen LogP contribution in [0, 0.1) is 0 Å². The van der Waals surface area contributed by atoms with Gasteiger partial charge in [0.25, 0.3) is 0 Å². The van der Waals surface area contributed by atoms with Crippen molar-refractivity contribution in [2.45, 2.75) is 6.61 Å². The summed E-state index contributed by atoms with van der Waals surface area (Å²) in [6, 6.07) is 22.2. The topological polar surface area (TPSA) is 44.1 Å². The zero-order valence-electron chi connectivity index (χ0n) is 14.1. The zero-order chi connectivity index (χ0) is 18.8. The van der Waals surface area contributed by atoms with Gasteiger partial charge in [-0.25, -0.2) is 14.3 Å². The Morgan fingerprint density at radius 2 is 1.56 bits per heavy atom. The van der Waals surface area contributed by atoms with E-state index in [1.54, 1.807) is 12.1 Å². The van der Waals surface area contributed by atoms with Crippen LogP contribution in [0.5, 0.6) is 0 Å². The van der Waals surface area contributed by atoms with Crippen LogP contribution in [0.3, 0.4) is 0 Å². The molecule has 4 nitrogen and oxygen atoms in total. The number of imidazole rings is 1. The minimum Gasteiger partial charge on any atom is -0.444 e. The summed E-state index contributed by atoms with van der Waals surface area (Å²) in [4.78, 5) is 17.5. The molecule has 1 heterocycles. The van der Waals surface area contributed by atoms with Gasteiger partial charge in [0.1, 0.15) is 6.61 Å². The van der Waals surface area contributed by atoms with E-state index in [0.717, 1.165) is 11.1 Å². The lowest BCUT2D eigenvalue weighted by Crippen LogP contribution is -2.15. The summed E-state index contributed by atoms with van der Waals surface area (Å²) in [5, 5.41) is 0.729. The molecule has 0 amide bonds. The Balaban J connectivity index is 1.79. The molecule has 6 heteroatoms. The predicted molar refractivity (Wildman–Crippen MR) is 107 cm³/mol. The molecule has 3 aromatic carbocycles. The molecule has 0 saturated heterocycles. The van der Waals surface area contributed by atoms with E-state index in [2.05, 4.69) is 4.98 Å². The lowest BCUT2D eigenvalue weighted by Gasteiger charge is -2.09. The third kappa shape index (κ3) is 3.54. The van der Waals surface area contributed by atoms with Crippen LogP contribution in [0.2, 0.25) is 10.0 Å². The fourth-order valence-corrected chi connectivity index (χ4v) is 3.14. The summed E-state index contributed by atoms with van der Waals surface area (Å²) in [6.45, 7) is 0.162. The second-order valence-electron chi connectivity index (χ2n) is 5.93. The molecule has 0 N–H and O–H groups in total. The molecule has 0 radical (unpaired) electrons. The van der Waals surface area contributed by atoms with Crippen molar-refractivity contribution in [3.63, 3.8) is 0 Å². The predicted octanol–water partition coefficient (Wildman–Crippen LogP) is 6.20. The van der Waals surface area contributed by atoms with Gasteiger partial charge in [-0.2, -0.15) is 0 Å². The fraction of sp³-hybridized carbons (Fsp3) is 0.0476. The lowest BCUT2D eigenvalue weighted by atomic mass is 10.2. The molecule has 0 saturated carbocycles. The second kappa shape index (κ2) is 7.43. The number of benzene rings is 3. The summed E-state index contributed by atoms with van der Waals surface area (Å²) in [5.41, 5.74) is 2.80. The molecule has 1 aromatic heterocycles. The number of rotatable bonds is 3. The van der Waals surface area contributed by atoms with E-state index in [9.17, 15) is 4.79 Å². The van der Waals surface area contributed by atoms with Crippen LogP contribution >= 0.6 is 23.2 Å². The fourth-order valence-electron chi connectivity index (χ4n) is 2.82. The van der Waals surface area contributed by atoms with Crippen LogP contribution in [-0.2, 0) is 11.3 Å². The number of carbonyl (C=O) groups is 1. The molecule has 27 heavy (non-hydrogen) atoms. The first-order valence-corrected chi connectivity index (χ1v) is 9.03. The first-order chi connectivity index (χ1) is 13.1. The summed E-state index contributed by atoms with van der Waals surface area (Å²) >= 11 is 12.3. The van der Waals surface area contributed by atoms with Gasteiger partial charge in [0.2, 0.25) is 0 Å². The maximum atomic E-state index is 12.9. The maximum Gasteiger partial charge on any atom is 0.420 e. The molecule has 0 atom stereocenters. The van der Waals surface area contributed by atoms with Gasteiger partial charge in [0.05, 0.1) is 21.1 Å². The van der Waals surface area contributed by atoms with Crippen molar-refractivity contribution in [2.24, 2.45) is 0 Å². The molecule has 0 aliphatic rings. The van der Waals surface area contributed by atoms with Gasteiger partial charge >= 0.3 is 6.09 Å². The Morgan fingerprint density at radius 3 is 2.26 bits per heavy atom. The minimum absolute atomic E-state index is 0.162. The molecule has 134 valence electrons. The Bertz CT molecular complexity index is 1110. The smallest absolute Gasteiger partial charge is 0.420 e. The van der Waals surface area contributed by atoms with Gasteiger partial charge in [-0.15, -0.1) is 0 Å². The van der Waals surface area contributed by atoms with Crippen molar-refractivity contribution in [3.05, 3.63) is 88.4 Å². The van der Waals surface area contributed by atoms with Crippen LogP contribution in [0.1, 0.15) is 5.56 Å². The highest BCUT2D eigenvalue weighted by atomic mass is 35.5. The monoisotopic (exact) mass is 396 g/mol. The summed E-state index contributed by atoms with van der Waals surface area (Å²) < 4.78 is 6.95. The van der Waals surface area contributed by atoms with Gasteiger partial charge in [0.15, 0.2) is 5.82 Å². The zero-order valence-corrected chi connectivity index (χ0v) is 15.6. The normalized spacial score (nSPS) is 10.9. The van der Waals surface area contributed by atoms with Gasteiger partial charge in [-0.1, -0.05) is 83.9 Å². The number of carbonyl (C=O) groups excluding carboxylic acids is 1. The Labute approximate surface area is 165 Å². The molecule has 4 rings (SSSR count). The van der Waals surface area contributed by atoms with Crippen LogP contribution < -0.4 is 0 Å². The highest BCUT2D eigenvalue weighted by Crippen LogP contribution is 2.31. The highest BCUT2D eigenvalue weighted by Gasteiger charge is 2.20. The van der Waals surface area contributed by atoms with Gasteiger partial charge in [-0.3, -0.25) is 0 Å². The molecule has 0 bridgehead atoms. The molecule has 0 fully saturated rings. The maximum absolute atomic E-state index is 12.9. The SMILES string of the molecule is O=C(OCc1ccccc1)n1c(-c2ccccc2)nc2cc(Cl)c(Cl)cc21. The van der Waals surface area contributed by atoms with E-state index >= 15 is 0 Å². The molecule has 0 aliphatic heterocycles. The number of hydrogen-bond acceptors (Lipinski definition) is 3. The molecule has 0 aliphatic carbocycles. The number of halogens is 2. The van der Waals surface area contributed by atoms with Crippen LogP contribution in [0.25, 0.3) is 22.4 Å². The van der Waals surface area contributed by atoms with Gasteiger partial charge < -0.3 is 4.74 Å². The first-order valence-electron chi connectivity index (χ1n) is 8.27. The minimum atomic E-state index is -0.529. The van der Waals surface area contributed by atoms with Crippen LogP contribution in [0.4, 0.5) is 4.79 Å². The third-order valence-electron chi connectivity index (χ3n) is 4.12. The van der Waals surface area contributed by atoms with Crippen molar-refractivity contribution in [1.82, 2.24) is 9.55 Å². The molecular formula is C21H14Cl2N2O2. The quantitative estimate of drug-likeness (QED) is 0.414. The average molecular weight is 397 g/mol. The lowest BCUT2D eigenvalue weighted by molar-refractivity contribution is 0.142. The largest absolute Gasteiger partial charge is 0.444 e. The third-order valence-corrected chi connectivity index (χ3v) is 4.84. The van der Waals surface area contributed by atoms with Crippen molar-refractivity contribution < 1.29 is 9.53 Å². The van der Waals surface area contributed by atoms with Crippen LogP contribution in [-0.4, -0.2) is 15.6 Å². The number of ether oxygens (including phenoxy) is 1. The number of nitrogens with zero attached hydrogens (tertiary/aromatic N) is 2. The Morgan fingerprint density at radius 1 is 0.926 bits per heavy atom. The molecule has 0 unspecified atom stereocenters. The molecular weight excluding hydrogens is 383 g/mol. The van der Waals surface area contributed by atoms with E-state index in [4.69, 9.17) is 27.9 Å². The van der Waals surface area contributed by atoms with Crippen molar-refractivity contribution >= 4 is 40.3 Å². The van der Waals surface area contributed by atoms with E-state index in [0.29, 0.717) is 26.9 Å². The first kappa shape index (κ1) is 17.6. The molecule has 4 aromatic rings. The van der Waals surface area contributed by atoms with Crippen molar-refractivity contribution in [2.75, 3.05) is 0 Å². The van der Waals surface area contributed by atoms with Gasteiger partial charge in [0, 0.05) is 5.56 Å². The average Bonchev–Trinajstić information content (AvgIpc) is 3.06. The van der Waals surface area contributed by atoms with E-state index in [1.165, 1.54) is 4.57 Å². The molecule has 0 spiro atoms. The summed E-state index contributed by atoms with van der Waals surface area (Å²) in [6.07, 6.45) is -0.529. The number of aromatic nitrogens is 2. The summed E-state index contributed by atoms with van der Waals surface area (Å²) in [7, 11) is 0. The number of hydrogen-bond donors (Lipinski definition) is 0. The van der Waals surface area contributed by atoms with Crippen molar-refractivity contribution in [3.8, 4) is 11.4 Å². The van der Waals surface area contributed by atoms with Crippen molar-refractivity contribution in [1.29, 1.82) is 0 Å².